The Morgan fingerprint density at radius 2 is 2.05 bits per heavy atom. The lowest BCUT2D eigenvalue weighted by Crippen LogP contribution is -2.38. The Morgan fingerprint density at radius 3 is 2.60 bits per heavy atom. The maximum Gasteiger partial charge on any atom is 0.354 e. The highest BCUT2D eigenvalue weighted by Gasteiger charge is 2.20. The number of hydrogen-bond donors (Lipinski definition) is 2. The standard InChI is InChI=1S/C11H15N5O4/c1-15(10(12)19)8-6-7(9(17)18)13-11(14-8)16-2-4-20-5-3-16/h6H,2-5H2,1H3,(H2,12,19)(H,17,18). The van der Waals surface area contributed by atoms with E-state index in [1.807, 2.05) is 0 Å². The van der Waals surface area contributed by atoms with E-state index in [2.05, 4.69) is 9.97 Å². The SMILES string of the molecule is CN(C(N)=O)c1cc(C(=O)O)nc(N2CCOCC2)n1. The van der Waals surface area contributed by atoms with Crippen molar-refractivity contribution in [1.82, 2.24) is 9.97 Å². The molecule has 9 heteroatoms. The summed E-state index contributed by atoms with van der Waals surface area (Å²) in [4.78, 5) is 33.3. The third-order valence-electron chi connectivity index (χ3n) is 2.89. The van der Waals surface area contributed by atoms with Gasteiger partial charge in [0.25, 0.3) is 0 Å². The monoisotopic (exact) mass is 281 g/mol. The Labute approximate surface area is 115 Å². The first kappa shape index (κ1) is 14.0. The first-order chi connectivity index (χ1) is 9.49. The summed E-state index contributed by atoms with van der Waals surface area (Å²) in [7, 11) is 1.42. The summed E-state index contributed by atoms with van der Waals surface area (Å²) >= 11 is 0. The maximum atomic E-state index is 11.2. The number of nitrogens with zero attached hydrogens (tertiary/aromatic N) is 4. The number of anilines is 2. The zero-order valence-corrected chi connectivity index (χ0v) is 10.9. The molecule has 0 unspecified atom stereocenters. The molecule has 2 heterocycles. The van der Waals surface area contributed by atoms with Crippen molar-refractivity contribution >= 4 is 23.8 Å². The van der Waals surface area contributed by atoms with Crippen molar-refractivity contribution in [3.05, 3.63) is 11.8 Å². The molecule has 20 heavy (non-hydrogen) atoms. The second-order valence-corrected chi connectivity index (χ2v) is 4.21. The van der Waals surface area contributed by atoms with Gasteiger partial charge in [0.1, 0.15) is 5.82 Å². The molecule has 0 aliphatic carbocycles. The molecule has 0 aromatic carbocycles. The van der Waals surface area contributed by atoms with Crippen molar-refractivity contribution in [1.29, 1.82) is 0 Å². The fraction of sp³-hybridized carbons (Fsp3) is 0.455. The van der Waals surface area contributed by atoms with Crippen LogP contribution >= 0.6 is 0 Å². The smallest absolute Gasteiger partial charge is 0.354 e. The number of morpholine rings is 1. The Hall–Kier alpha value is -2.42. The number of carbonyl (C=O) groups is 2. The number of carboxylic acid groups (broad SMARTS) is 1. The highest BCUT2D eigenvalue weighted by atomic mass is 16.5. The number of urea groups is 1. The van der Waals surface area contributed by atoms with Gasteiger partial charge in [-0.25, -0.2) is 14.6 Å². The summed E-state index contributed by atoms with van der Waals surface area (Å²) in [5.74, 6) is -0.802. The van der Waals surface area contributed by atoms with Gasteiger partial charge in [-0.3, -0.25) is 4.90 Å². The van der Waals surface area contributed by atoms with Gasteiger partial charge in [0.2, 0.25) is 5.95 Å². The van der Waals surface area contributed by atoms with E-state index in [0.29, 0.717) is 26.3 Å². The minimum absolute atomic E-state index is 0.145. The van der Waals surface area contributed by atoms with Crippen LogP contribution in [0.15, 0.2) is 6.07 Å². The molecule has 9 nitrogen and oxygen atoms in total. The van der Waals surface area contributed by atoms with E-state index in [4.69, 9.17) is 15.6 Å². The van der Waals surface area contributed by atoms with Crippen molar-refractivity contribution < 1.29 is 19.4 Å². The third-order valence-corrected chi connectivity index (χ3v) is 2.89. The van der Waals surface area contributed by atoms with Crippen molar-refractivity contribution in [3.63, 3.8) is 0 Å². The van der Waals surface area contributed by atoms with Crippen LogP contribution < -0.4 is 15.5 Å². The van der Waals surface area contributed by atoms with Gasteiger partial charge in [0.15, 0.2) is 5.69 Å². The van der Waals surface area contributed by atoms with Gasteiger partial charge in [0, 0.05) is 26.2 Å². The predicted octanol–water partition coefficient (Wildman–Crippen LogP) is -0.474. The number of amides is 2. The fourth-order valence-corrected chi connectivity index (χ4v) is 1.72. The number of nitrogens with two attached hydrogens (primary N) is 1. The molecular formula is C11H15N5O4. The van der Waals surface area contributed by atoms with Crippen LogP contribution in [0.3, 0.4) is 0 Å². The molecule has 1 fully saturated rings. The average molecular weight is 281 g/mol. The molecule has 2 amide bonds. The molecule has 0 bridgehead atoms. The fourth-order valence-electron chi connectivity index (χ4n) is 1.72. The molecule has 3 N–H and O–H groups in total. The molecule has 2 rings (SSSR count). The molecule has 1 saturated heterocycles. The minimum atomic E-state index is -1.19. The van der Waals surface area contributed by atoms with E-state index in [1.165, 1.54) is 13.1 Å². The van der Waals surface area contributed by atoms with E-state index >= 15 is 0 Å². The lowest BCUT2D eigenvalue weighted by Gasteiger charge is -2.27. The molecule has 0 radical (unpaired) electrons. The molecule has 1 aliphatic rings. The second-order valence-electron chi connectivity index (χ2n) is 4.21. The van der Waals surface area contributed by atoms with E-state index in [1.54, 1.807) is 4.90 Å². The van der Waals surface area contributed by atoms with Gasteiger partial charge in [-0.2, -0.15) is 4.98 Å². The van der Waals surface area contributed by atoms with Crippen LogP contribution in [0.5, 0.6) is 0 Å². The van der Waals surface area contributed by atoms with Crippen molar-refractivity contribution in [2.24, 2.45) is 5.73 Å². The van der Waals surface area contributed by atoms with Gasteiger partial charge in [0.05, 0.1) is 13.2 Å². The minimum Gasteiger partial charge on any atom is -0.477 e. The molecule has 0 saturated carbocycles. The first-order valence-corrected chi connectivity index (χ1v) is 5.97. The molecule has 1 aromatic rings. The van der Waals surface area contributed by atoms with Crippen LogP contribution in [-0.2, 0) is 4.74 Å². The van der Waals surface area contributed by atoms with E-state index in [-0.39, 0.29) is 17.5 Å². The average Bonchev–Trinajstić information content (AvgIpc) is 2.46. The number of rotatable bonds is 3. The molecule has 1 aliphatic heterocycles. The van der Waals surface area contributed by atoms with Crippen molar-refractivity contribution in [3.8, 4) is 0 Å². The predicted molar refractivity (Wildman–Crippen MR) is 70.0 cm³/mol. The quantitative estimate of drug-likeness (QED) is 0.767. The molecule has 1 aromatic heterocycles. The van der Waals surface area contributed by atoms with Crippen LogP contribution in [-0.4, -0.2) is 60.4 Å². The zero-order chi connectivity index (χ0) is 14.7. The van der Waals surface area contributed by atoms with Crippen LogP contribution in [0.4, 0.5) is 16.6 Å². The topological polar surface area (TPSA) is 122 Å². The third kappa shape index (κ3) is 2.94. The number of aromatic nitrogens is 2. The van der Waals surface area contributed by atoms with Gasteiger partial charge in [-0.05, 0) is 0 Å². The Morgan fingerprint density at radius 1 is 1.40 bits per heavy atom. The van der Waals surface area contributed by atoms with Crippen molar-refractivity contribution in [2.75, 3.05) is 43.2 Å². The van der Waals surface area contributed by atoms with Crippen LogP contribution in [0, 0.1) is 0 Å². The van der Waals surface area contributed by atoms with Gasteiger partial charge < -0.3 is 20.5 Å². The number of ether oxygens (including phenoxy) is 1. The summed E-state index contributed by atoms with van der Waals surface area (Å²) in [6.45, 7) is 2.15. The van der Waals surface area contributed by atoms with E-state index in [0.717, 1.165) is 4.90 Å². The second kappa shape index (κ2) is 5.70. The first-order valence-electron chi connectivity index (χ1n) is 5.97. The Kier molecular flexibility index (Phi) is 3.99. The summed E-state index contributed by atoms with van der Waals surface area (Å²) in [6.07, 6.45) is 0. The van der Waals surface area contributed by atoms with Gasteiger partial charge in [-0.1, -0.05) is 0 Å². The maximum absolute atomic E-state index is 11.2. The van der Waals surface area contributed by atoms with E-state index in [9.17, 15) is 9.59 Å². The van der Waals surface area contributed by atoms with Gasteiger partial charge in [-0.15, -0.1) is 0 Å². The van der Waals surface area contributed by atoms with Crippen LogP contribution in [0.25, 0.3) is 0 Å². The molecule has 0 spiro atoms. The van der Waals surface area contributed by atoms with Gasteiger partial charge >= 0.3 is 12.0 Å². The van der Waals surface area contributed by atoms with E-state index < -0.39 is 12.0 Å². The zero-order valence-electron chi connectivity index (χ0n) is 10.9. The highest BCUT2D eigenvalue weighted by Crippen LogP contribution is 2.17. The number of aromatic carboxylic acids is 1. The summed E-state index contributed by atoms with van der Waals surface area (Å²) in [5.41, 5.74) is 4.98. The Balaban J connectivity index is 2.40. The lowest BCUT2D eigenvalue weighted by atomic mass is 10.3. The highest BCUT2D eigenvalue weighted by molar-refractivity contribution is 5.92. The molecule has 108 valence electrons. The summed E-state index contributed by atoms with van der Waals surface area (Å²) < 4.78 is 5.22. The van der Waals surface area contributed by atoms with Crippen molar-refractivity contribution in [2.45, 2.75) is 0 Å². The van der Waals surface area contributed by atoms with Crippen LogP contribution in [0.2, 0.25) is 0 Å². The molecular weight excluding hydrogens is 266 g/mol. The number of hydrogen-bond acceptors (Lipinski definition) is 6. The largest absolute Gasteiger partial charge is 0.477 e. The van der Waals surface area contributed by atoms with Crippen LogP contribution in [0.1, 0.15) is 10.5 Å². The number of primary amides is 1. The summed E-state index contributed by atoms with van der Waals surface area (Å²) in [5, 5.41) is 9.08. The normalized spacial score (nSPS) is 14.9. The molecule has 0 atom stereocenters. The lowest BCUT2D eigenvalue weighted by molar-refractivity contribution is 0.0690. The Bertz CT molecular complexity index is 530. The number of carbonyl (C=O) groups excluding carboxylic acids is 1. The number of carboxylic acids is 1. The summed E-state index contributed by atoms with van der Waals surface area (Å²) in [6, 6.07) is 0.477.